The summed E-state index contributed by atoms with van der Waals surface area (Å²) in [6, 6.07) is 0.439. The monoisotopic (exact) mass is 209 g/mol. The third-order valence-electron chi connectivity index (χ3n) is 2.70. The van der Waals surface area contributed by atoms with Crippen LogP contribution in [-0.4, -0.2) is 16.8 Å². The van der Waals surface area contributed by atoms with E-state index in [0.29, 0.717) is 12.0 Å². The second kappa shape index (κ2) is 5.31. The topological polar surface area (TPSA) is 29.9 Å². The van der Waals surface area contributed by atoms with Gasteiger partial charge in [0.25, 0.3) is 0 Å². The Labute approximate surface area is 92.9 Å². The quantitative estimate of drug-likeness (QED) is 0.806. The second-order valence-corrected chi connectivity index (χ2v) is 4.53. The highest BCUT2D eigenvalue weighted by molar-refractivity contribution is 5.21. The van der Waals surface area contributed by atoms with Gasteiger partial charge in [0.2, 0.25) is 0 Å². The standard InChI is InChI=1S/C12H23N3/c1-6-11-10(8-15(5)14-11)12(13-4)7-9(2)3/h8-9,12-13H,6-7H2,1-5H3. The third-order valence-corrected chi connectivity index (χ3v) is 2.70. The maximum atomic E-state index is 4.48. The molecule has 0 radical (unpaired) electrons. The lowest BCUT2D eigenvalue weighted by Crippen LogP contribution is -2.19. The van der Waals surface area contributed by atoms with Crippen LogP contribution in [0.1, 0.15) is 44.5 Å². The van der Waals surface area contributed by atoms with E-state index >= 15 is 0 Å². The summed E-state index contributed by atoms with van der Waals surface area (Å²) in [6.45, 7) is 6.67. The van der Waals surface area contributed by atoms with Gasteiger partial charge in [0, 0.05) is 24.8 Å². The Balaban J connectivity index is 2.89. The summed E-state index contributed by atoms with van der Waals surface area (Å²) in [7, 11) is 4.02. The molecule has 0 aliphatic rings. The molecular weight excluding hydrogens is 186 g/mol. The molecule has 86 valence electrons. The summed E-state index contributed by atoms with van der Waals surface area (Å²) in [4.78, 5) is 0. The molecule has 3 nitrogen and oxygen atoms in total. The van der Waals surface area contributed by atoms with E-state index in [9.17, 15) is 0 Å². The molecule has 1 heterocycles. The second-order valence-electron chi connectivity index (χ2n) is 4.53. The van der Waals surface area contributed by atoms with Crippen LogP contribution in [0.4, 0.5) is 0 Å². The molecule has 1 aromatic heterocycles. The molecule has 0 saturated heterocycles. The molecule has 1 rings (SSSR count). The van der Waals surface area contributed by atoms with Crippen molar-refractivity contribution in [3.8, 4) is 0 Å². The summed E-state index contributed by atoms with van der Waals surface area (Å²) in [5, 5.41) is 7.87. The van der Waals surface area contributed by atoms with E-state index in [-0.39, 0.29) is 0 Å². The van der Waals surface area contributed by atoms with Crippen molar-refractivity contribution in [1.82, 2.24) is 15.1 Å². The first kappa shape index (κ1) is 12.2. The van der Waals surface area contributed by atoms with Crippen LogP contribution in [0, 0.1) is 5.92 Å². The number of rotatable bonds is 5. The zero-order valence-corrected chi connectivity index (χ0v) is 10.5. The molecule has 0 amide bonds. The first-order valence-electron chi connectivity index (χ1n) is 5.78. The van der Waals surface area contributed by atoms with Gasteiger partial charge < -0.3 is 5.32 Å². The Bertz CT molecular complexity index is 302. The highest BCUT2D eigenvalue weighted by Crippen LogP contribution is 2.23. The van der Waals surface area contributed by atoms with Crippen LogP contribution in [0.5, 0.6) is 0 Å². The van der Waals surface area contributed by atoms with Gasteiger partial charge in [-0.05, 0) is 25.8 Å². The van der Waals surface area contributed by atoms with Gasteiger partial charge in [-0.3, -0.25) is 4.68 Å². The van der Waals surface area contributed by atoms with Crippen molar-refractivity contribution in [2.45, 2.75) is 39.7 Å². The van der Waals surface area contributed by atoms with E-state index in [1.165, 1.54) is 11.3 Å². The van der Waals surface area contributed by atoms with E-state index in [4.69, 9.17) is 0 Å². The van der Waals surface area contributed by atoms with Crippen LogP contribution >= 0.6 is 0 Å². The van der Waals surface area contributed by atoms with Gasteiger partial charge in [-0.2, -0.15) is 5.10 Å². The summed E-state index contributed by atoms with van der Waals surface area (Å²) in [5.41, 5.74) is 2.58. The van der Waals surface area contributed by atoms with Crippen molar-refractivity contribution in [1.29, 1.82) is 0 Å². The molecular formula is C12H23N3. The van der Waals surface area contributed by atoms with Crippen molar-refractivity contribution in [2.75, 3.05) is 7.05 Å². The molecule has 0 aliphatic carbocycles. The minimum Gasteiger partial charge on any atom is -0.313 e. The predicted molar refractivity (Wildman–Crippen MR) is 63.8 cm³/mol. The van der Waals surface area contributed by atoms with E-state index < -0.39 is 0 Å². The van der Waals surface area contributed by atoms with Crippen LogP contribution in [0.15, 0.2) is 6.20 Å². The summed E-state index contributed by atoms with van der Waals surface area (Å²) in [5.74, 6) is 0.701. The number of hydrogen-bond acceptors (Lipinski definition) is 2. The first-order chi connectivity index (χ1) is 7.08. The fourth-order valence-corrected chi connectivity index (χ4v) is 1.99. The molecule has 15 heavy (non-hydrogen) atoms. The molecule has 3 heteroatoms. The van der Waals surface area contributed by atoms with E-state index in [0.717, 1.165) is 12.8 Å². The smallest absolute Gasteiger partial charge is 0.0669 e. The maximum absolute atomic E-state index is 4.48. The lowest BCUT2D eigenvalue weighted by molar-refractivity contribution is 0.454. The average molecular weight is 209 g/mol. The van der Waals surface area contributed by atoms with Gasteiger partial charge in [-0.1, -0.05) is 20.8 Å². The molecule has 1 unspecified atom stereocenters. The van der Waals surface area contributed by atoms with Crippen molar-refractivity contribution in [2.24, 2.45) is 13.0 Å². The van der Waals surface area contributed by atoms with Crippen LogP contribution in [0.25, 0.3) is 0 Å². The van der Waals surface area contributed by atoms with E-state index in [1.807, 2.05) is 18.8 Å². The highest BCUT2D eigenvalue weighted by atomic mass is 15.3. The Hall–Kier alpha value is -0.830. The summed E-state index contributed by atoms with van der Waals surface area (Å²) >= 11 is 0. The zero-order chi connectivity index (χ0) is 11.4. The molecule has 0 saturated carbocycles. The lowest BCUT2D eigenvalue weighted by atomic mass is 9.97. The number of hydrogen-bond donors (Lipinski definition) is 1. The van der Waals surface area contributed by atoms with Crippen molar-refractivity contribution < 1.29 is 0 Å². The maximum Gasteiger partial charge on any atom is 0.0669 e. The molecule has 0 aromatic carbocycles. The van der Waals surface area contributed by atoms with Crippen LogP contribution in [-0.2, 0) is 13.5 Å². The van der Waals surface area contributed by atoms with E-state index in [2.05, 4.69) is 37.4 Å². The Kier molecular flexibility index (Phi) is 4.33. The minimum atomic E-state index is 0.439. The first-order valence-corrected chi connectivity index (χ1v) is 5.78. The molecule has 0 aliphatic heterocycles. The van der Waals surface area contributed by atoms with Gasteiger partial charge in [0.1, 0.15) is 0 Å². The molecule has 1 atom stereocenters. The predicted octanol–water partition coefficient (Wildman–Crippen LogP) is 2.29. The zero-order valence-electron chi connectivity index (χ0n) is 10.5. The average Bonchev–Trinajstić information content (AvgIpc) is 2.55. The van der Waals surface area contributed by atoms with Crippen LogP contribution in [0.2, 0.25) is 0 Å². The van der Waals surface area contributed by atoms with Crippen molar-refractivity contribution in [3.63, 3.8) is 0 Å². The van der Waals surface area contributed by atoms with Crippen molar-refractivity contribution >= 4 is 0 Å². The molecule has 1 N–H and O–H groups in total. The Morgan fingerprint density at radius 1 is 1.47 bits per heavy atom. The molecule has 0 bridgehead atoms. The van der Waals surface area contributed by atoms with Crippen LogP contribution < -0.4 is 5.32 Å². The minimum absolute atomic E-state index is 0.439. The molecule has 0 fully saturated rings. The summed E-state index contributed by atoms with van der Waals surface area (Å²) < 4.78 is 1.92. The molecule has 0 spiro atoms. The Morgan fingerprint density at radius 2 is 2.13 bits per heavy atom. The Morgan fingerprint density at radius 3 is 2.60 bits per heavy atom. The lowest BCUT2D eigenvalue weighted by Gasteiger charge is -2.18. The van der Waals surface area contributed by atoms with Gasteiger partial charge in [0.05, 0.1) is 5.69 Å². The van der Waals surface area contributed by atoms with Gasteiger partial charge in [-0.15, -0.1) is 0 Å². The number of nitrogens with zero attached hydrogens (tertiary/aromatic N) is 2. The third kappa shape index (κ3) is 3.06. The normalized spacial score (nSPS) is 13.5. The number of aryl methyl sites for hydroxylation is 2. The van der Waals surface area contributed by atoms with Crippen LogP contribution in [0.3, 0.4) is 0 Å². The molecule has 1 aromatic rings. The van der Waals surface area contributed by atoms with Gasteiger partial charge in [0.15, 0.2) is 0 Å². The largest absolute Gasteiger partial charge is 0.313 e. The fourth-order valence-electron chi connectivity index (χ4n) is 1.99. The van der Waals surface area contributed by atoms with Gasteiger partial charge >= 0.3 is 0 Å². The van der Waals surface area contributed by atoms with Crippen molar-refractivity contribution in [3.05, 3.63) is 17.5 Å². The highest BCUT2D eigenvalue weighted by Gasteiger charge is 2.16. The fraction of sp³-hybridized carbons (Fsp3) is 0.750. The van der Waals surface area contributed by atoms with E-state index in [1.54, 1.807) is 0 Å². The SMILES string of the molecule is CCc1nn(C)cc1C(CC(C)C)NC. The number of nitrogens with one attached hydrogen (secondary N) is 1. The number of aromatic nitrogens is 2. The van der Waals surface area contributed by atoms with Gasteiger partial charge in [-0.25, -0.2) is 0 Å². The summed E-state index contributed by atoms with van der Waals surface area (Å²) in [6.07, 6.45) is 4.31.